The summed E-state index contributed by atoms with van der Waals surface area (Å²) in [5.41, 5.74) is 1.56. The summed E-state index contributed by atoms with van der Waals surface area (Å²) in [6, 6.07) is 9.35. The number of benzene rings is 1. The van der Waals surface area contributed by atoms with Crippen LogP contribution in [0.25, 0.3) is 0 Å². The summed E-state index contributed by atoms with van der Waals surface area (Å²) in [6.45, 7) is 2.39. The molecule has 0 aliphatic heterocycles. The first-order chi connectivity index (χ1) is 8.67. The van der Waals surface area contributed by atoms with Crippen LogP contribution in [0.2, 0.25) is 0 Å². The van der Waals surface area contributed by atoms with Gasteiger partial charge in [0.15, 0.2) is 0 Å². The minimum absolute atomic E-state index is 0.0598. The molecule has 0 N–H and O–H groups in total. The number of amides is 1. The van der Waals surface area contributed by atoms with Crippen molar-refractivity contribution in [2.24, 2.45) is 0 Å². The highest BCUT2D eigenvalue weighted by Gasteiger charge is 2.05. The zero-order valence-electron chi connectivity index (χ0n) is 10.6. The Kier molecular flexibility index (Phi) is 5.40. The smallest absolute Gasteiger partial charge is 0.246 e. The molecule has 92 valence electrons. The van der Waals surface area contributed by atoms with Crippen LogP contribution < -0.4 is 0 Å². The summed E-state index contributed by atoms with van der Waals surface area (Å²) in [4.78, 5) is 13.3. The van der Waals surface area contributed by atoms with Gasteiger partial charge in [-0.05, 0) is 24.6 Å². The third-order valence-electron chi connectivity index (χ3n) is 2.39. The van der Waals surface area contributed by atoms with Crippen molar-refractivity contribution in [3.63, 3.8) is 0 Å². The third-order valence-corrected chi connectivity index (χ3v) is 2.39. The molecule has 0 aliphatic carbocycles. The number of likely N-dealkylation sites (N-methyl/N-ethyl adjacent to an activating group) is 1. The number of hydrogen-bond donors (Lipinski definition) is 0. The standard InChI is InChI=1S/C15H16N2O/c1-3-4-5-9-15(18)17(2)12-14-8-6-7-13(10-14)11-16/h3-10H,12H2,1-2H3/b4-3+,9-5+. The van der Waals surface area contributed by atoms with Gasteiger partial charge in [-0.25, -0.2) is 0 Å². The number of nitriles is 1. The van der Waals surface area contributed by atoms with Crippen LogP contribution >= 0.6 is 0 Å². The van der Waals surface area contributed by atoms with Crippen molar-refractivity contribution >= 4 is 5.91 Å². The van der Waals surface area contributed by atoms with Crippen LogP contribution in [-0.2, 0) is 11.3 Å². The van der Waals surface area contributed by atoms with E-state index in [-0.39, 0.29) is 5.91 Å². The lowest BCUT2D eigenvalue weighted by Gasteiger charge is -2.15. The molecule has 0 spiro atoms. The summed E-state index contributed by atoms with van der Waals surface area (Å²) in [5, 5.41) is 8.80. The maximum atomic E-state index is 11.7. The number of hydrogen-bond acceptors (Lipinski definition) is 2. The lowest BCUT2D eigenvalue weighted by Crippen LogP contribution is -2.24. The summed E-state index contributed by atoms with van der Waals surface area (Å²) in [7, 11) is 1.74. The number of carbonyl (C=O) groups is 1. The van der Waals surface area contributed by atoms with Gasteiger partial charge >= 0.3 is 0 Å². The fourth-order valence-corrected chi connectivity index (χ4v) is 1.47. The summed E-state index contributed by atoms with van der Waals surface area (Å²) < 4.78 is 0. The lowest BCUT2D eigenvalue weighted by molar-refractivity contribution is -0.125. The highest BCUT2D eigenvalue weighted by molar-refractivity contribution is 5.87. The van der Waals surface area contributed by atoms with Crippen molar-refractivity contribution in [2.45, 2.75) is 13.5 Å². The van der Waals surface area contributed by atoms with Crippen LogP contribution in [-0.4, -0.2) is 17.9 Å². The number of allylic oxidation sites excluding steroid dienone is 3. The van der Waals surface area contributed by atoms with Gasteiger partial charge in [-0.3, -0.25) is 4.79 Å². The SMILES string of the molecule is C/C=C/C=C/C(=O)N(C)Cc1cccc(C#N)c1. The molecule has 0 aromatic heterocycles. The first kappa shape index (κ1) is 13.7. The molecular weight excluding hydrogens is 224 g/mol. The predicted octanol–water partition coefficient (Wildman–Crippen LogP) is 2.65. The van der Waals surface area contributed by atoms with E-state index < -0.39 is 0 Å². The van der Waals surface area contributed by atoms with Gasteiger partial charge in [0.2, 0.25) is 5.91 Å². The lowest BCUT2D eigenvalue weighted by atomic mass is 10.1. The minimum Gasteiger partial charge on any atom is -0.338 e. The largest absolute Gasteiger partial charge is 0.338 e. The van der Waals surface area contributed by atoms with Crippen molar-refractivity contribution in [1.82, 2.24) is 4.90 Å². The molecule has 1 aromatic rings. The van der Waals surface area contributed by atoms with E-state index in [2.05, 4.69) is 6.07 Å². The van der Waals surface area contributed by atoms with Crippen LogP contribution in [0.15, 0.2) is 48.6 Å². The fourth-order valence-electron chi connectivity index (χ4n) is 1.47. The molecular formula is C15H16N2O. The van der Waals surface area contributed by atoms with Crippen LogP contribution in [0.3, 0.4) is 0 Å². The molecule has 0 saturated heterocycles. The number of carbonyl (C=O) groups excluding carboxylic acids is 1. The van der Waals surface area contributed by atoms with Gasteiger partial charge in [0.25, 0.3) is 0 Å². The average Bonchev–Trinajstić information content (AvgIpc) is 2.39. The Morgan fingerprint density at radius 1 is 1.44 bits per heavy atom. The normalized spacial score (nSPS) is 10.7. The van der Waals surface area contributed by atoms with E-state index in [9.17, 15) is 4.79 Å². The molecule has 0 unspecified atom stereocenters. The second-order valence-electron chi connectivity index (χ2n) is 3.89. The summed E-state index contributed by atoms with van der Waals surface area (Å²) >= 11 is 0. The molecule has 0 atom stereocenters. The molecule has 0 radical (unpaired) electrons. The van der Waals surface area contributed by atoms with Crippen molar-refractivity contribution in [1.29, 1.82) is 5.26 Å². The van der Waals surface area contributed by atoms with Crippen molar-refractivity contribution in [2.75, 3.05) is 7.05 Å². The quantitative estimate of drug-likeness (QED) is 0.600. The first-order valence-corrected chi connectivity index (χ1v) is 5.71. The van der Waals surface area contributed by atoms with E-state index in [1.165, 1.54) is 6.08 Å². The van der Waals surface area contributed by atoms with E-state index in [1.807, 2.05) is 31.2 Å². The van der Waals surface area contributed by atoms with Crippen molar-refractivity contribution in [3.05, 3.63) is 59.7 Å². The van der Waals surface area contributed by atoms with E-state index in [0.29, 0.717) is 12.1 Å². The monoisotopic (exact) mass is 240 g/mol. The van der Waals surface area contributed by atoms with Gasteiger partial charge < -0.3 is 4.90 Å². The van der Waals surface area contributed by atoms with Crippen LogP contribution in [0, 0.1) is 11.3 Å². The van der Waals surface area contributed by atoms with Gasteiger partial charge in [0.05, 0.1) is 11.6 Å². The molecule has 0 bridgehead atoms. The molecule has 3 heteroatoms. The van der Waals surface area contributed by atoms with E-state index in [4.69, 9.17) is 5.26 Å². The molecule has 1 rings (SSSR count). The third kappa shape index (κ3) is 4.26. The Bertz CT molecular complexity index is 509. The predicted molar refractivity (Wildman–Crippen MR) is 71.6 cm³/mol. The fraction of sp³-hybridized carbons (Fsp3) is 0.200. The highest BCUT2D eigenvalue weighted by atomic mass is 16.2. The Hall–Kier alpha value is -2.34. The maximum absolute atomic E-state index is 11.7. The van der Waals surface area contributed by atoms with Gasteiger partial charge in [-0.1, -0.05) is 30.4 Å². The molecule has 1 aromatic carbocycles. The van der Waals surface area contributed by atoms with E-state index in [0.717, 1.165) is 5.56 Å². The zero-order valence-corrected chi connectivity index (χ0v) is 10.6. The Labute approximate surface area is 108 Å². The average molecular weight is 240 g/mol. The van der Waals surface area contributed by atoms with Gasteiger partial charge in [0, 0.05) is 19.7 Å². The Balaban J connectivity index is 2.66. The Morgan fingerprint density at radius 2 is 2.22 bits per heavy atom. The second kappa shape index (κ2) is 7.08. The molecule has 1 amide bonds. The summed E-state index contributed by atoms with van der Waals surface area (Å²) in [6.07, 6.45) is 6.90. The minimum atomic E-state index is -0.0598. The number of nitrogens with zero attached hydrogens (tertiary/aromatic N) is 2. The van der Waals surface area contributed by atoms with Crippen LogP contribution in [0.5, 0.6) is 0 Å². The maximum Gasteiger partial charge on any atom is 0.246 e. The Morgan fingerprint density at radius 3 is 2.89 bits per heavy atom. The van der Waals surface area contributed by atoms with Crippen molar-refractivity contribution in [3.8, 4) is 6.07 Å². The summed E-state index contributed by atoms with van der Waals surface area (Å²) in [5.74, 6) is -0.0598. The second-order valence-corrected chi connectivity index (χ2v) is 3.89. The number of rotatable bonds is 4. The molecule has 0 heterocycles. The van der Waals surface area contributed by atoms with Gasteiger partial charge in [-0.2, -0.15) is 5.26 Å². The molecule has 0 aliphatic rings. The highest BCUT2D eigenvalue weighted by Crippen LogP contribution is 2.07. The van der Waals surface area contributed by atoms with E-state index >= 15 is 0 Å². The van der Waals surface area contributed by atoms with Gasteiger partial charge in [0.1, 0.15) is 0 Å². The molecule has 0 fully saturated rings. The van der Waals surface area contributed by atoms with Crippen LogP contribution in [0.1, 0.15) is 18.1 Å². The molecule has 3 nitrogen and oxygen atoms in total. The molecule has 18 heavy (non-hydrogen) atoms. The van der Waals surface area contributed by atoms with Gasteiger partial charge in [-0.15, -0.1) is 0 Å². The zero-order chi connectivity index (χ0) is 13.4. The topological polar surface area (TPSA) is 44.1 Å². The van der Waals surface area contributed by atoms with Crippen LogP contribution in [0.4, 0.5) is 0 Å². The molecule has 0 saturated carbocycles. The van der Waals surface area contributed by atoms with Crippen molar-refractivity contribution < 1.29 is 4.79 Å². The van der Waals surface area contributed by atoms with E-state index in [1.54, 1.807) is 30.2 Å². The first-order valence-electron chi connectivity index (χ1n) is 5.71.